The van der Waals surface area contributed by atoms with E-state index in [4.69, 9.17) is 0 Å². The van der Waals surface area contributed by atoms with E-state index in [-0.39, 0.29) is 0 Å². The van der Waals surface area contributed by atoms with Gasteiger partial charge in [0.05, 0.1) is 0 Å². The van der Waals surface area contributed by atoms with Crippen LogP contribution < -0.4 is 5.32 Å². The van der Waals surface area contributed by atoms with Crippen LogP contribution in [-0.2, 0) is 6.42 Å². The highest BCUT2D eigenvalue weighted by Crippen LogP contribution is 2.23. The SMILES string of the molecule is CCNCC(Cc1cccc(C)c1C)c1ccccc1. The van der Waals surface area contributed by atoms with Crippen LogP contribution in [0.15, 0.2) is 48.5 Å². The van der Waals surface area contributed by atoms with Gasteiger partial charge in [-0.15, -0.1) is 0 Å². The third-order valence-corrected chi connectivity index (χ3v) is 4.09. The first-order valence-electron chi connectivity index (χ1n) is 7.53. The highest BCUT2D eigenvalue weighted by atomic mass is 14.8. The normalized spacial score (nSPS) is 12.3. The van der Waals surface area contributed by atoms with Crippen molar-refractivity contribution in [3.8, 4) is 0 Å². The van der Waals surface area contributed by atoms with Gasteiger partial charge in [-0.2, -0.15) is 0 Å². The minimum atomic E-state index is 0.539. The van der Waals surface area contributed by atoms with Crippen molar-refractivity contribution < 1.29 is 0 Å². The van der Waals surface area contributed by atoms with Crippen LogP contribution in [0, 0.1) is 13.8 Å². The van der Waals surface area contributed by atoms with Crippen molar-refractivity contribution in [1.82, 2.24) is 5.32 Å². The van der Waals surface area contributed by atoms with Crippen LogP contribution in [-0.4, -0.2) is 13.1 Å². The molecule has 2 aromatic carbocycles. The van der Waals surface area contributed by atoms with Crippen LogP contribution in [0.4, 0.5) is 0 Å². The Labute approximate surface area is 123 Å². The Morgan fingerprint density at radius 1 is 0.950 bits per heavy atom. The van der Waals surface area contributed by atoms with Gasteiger partial charge in [0.15, 0.2) is 0 Å². The maximum Gasteiger partial charge on any atom is 0.00232 e. The van der Waals surface area contributed by atoms with E-state index < -0.39 is 0 Å². The molecule has 0 aliphatic rings. The summed E-state index contributed by atoms with van der Waals surface area (Å²) in [6.45, 7) is 8.66. The van der Waals surface area contributed by atoms with Crippen LogP contribution in [0.5, 0.6) is 0 Å². The molecule has 2 rings (SSSR count). The molecule has 0 fully saturated rings. The van der Waals surface area contributed by atoms with Crippen molar-refractivity contribution in [1.29, 1.82) is 0 Å². The first-order chi connectivity index (χ1) is 9.72. The highest BCUT2D eigenvalue weighted by molar-refractivity contribution is 5.35. The van der Waals surface area contributed by atoms with Gasteiger partial charge >= 0.3 is 0 Å². The van der Waals surface area contributed by atoms with Crippen LogP contribution >= 0.6 is 0 Å². The minimum Gasteiger partial charge on any atom is -0.316 e. The zero-order chi connectivity index (χ0) is 14.4. The molecule has 1 unspecified atom stereocenters. The van der Waals surface area contributed by atoms with Crippen LogP contribution in [0.1, 0.15) is 35.1 Å². The topological polar surface area (TPSA) is 12.0 Å². The van der Waals surface area contributed by atoms with E-state index in [1.165, 1.54) is 22.3 Å². The summed E-state index contributed by atoms with van der Waals surface area (Å²) in [5, 5.41) is 3.50. The van der Waals surface area contributed by atoms with Crippen molar-refractivity contribution in [3.63, 3.8) is 0 Å². The van der Waals surface area contributed by atoms with Gasteiger partial charge in [0.2, 0.25) is 0 Å². The van der Waals surface area contributed by atoms with E-state index in [0.717, 1.165) is 19.5 Å². The fourth-order valence-corrected chi connectivity index (χ4v) is 2.65. The number of hydrogen-bond donors (Lipinski definition) is 1. The molecule has 0 heterocycles. The van der Waals surface area contributed by atoms with Gasteiger partial charge in [-0.3, -0.25) is 0 Å². The molecule has 0 aliphatic heterocycles. The monoisotopic (exact) mass is 267 g/mol. The molecule has 0 amide bonds. The first kappa shape index (κ1) is 14.8. The molecule has 1 nitrogen and oxygen atoms in total. The smallest absolute Gasteiger partial charge is 0.00232 e. The molecule has 0 aromatic heterocycles. The summed E-state index contributed by atoms with van der Waals surface area (Å²) in [5.74, 6) is 0.539. The molecular weight excluding hydrogens is 242 g/mol. The largest absolute Gasteiger partial charge is 0.316 e. The van der Waals surface area contributed by atoms with Gasteiger partial charge in [0.25, 0.3) is 0 Å². The lowest BCUT2D eigenvalue weighted by Gasteiger charge is -2.19. The van der Waals surface area contributed by atoms with Crippen LogP contribution in [0.3, 0.4) is 0 Å². The van der Waals surface area contributed by atoms with E-state index in [2.05, 4.69) is 74.6 Å². The van der Waals surface area contributed by atoms with Gasteiger partial charge in [-0.25, -0.2) is 0 Å². The molecule has 1 atom stereocenters. The number of benzene rings is 2. The minimum absolute atomic E-state index is 0.539. The van der Waals surface area contributed by atoms with Gasteiger partial charge in [-0.05, 0) is 49.1 Å². The highest BCUT2D eigenvalue weighted by Gasteiger charge is 2.13. The maximum atomic E-state index is 3.50. The Kier molecular flexibility index (Phi) is 5.37. The summed E-state index contributed by atoms with van der Waals surface area (Å²) in [6, 6.07) is 17.5. The van der Waals surface area contributed by atoms with Gasteiger partial charge in [0, 0.05) is 12.5 Å². The Bertz CT molecular complexity index is 531. The second-order valence-corrected chi connectivity index (χ2v) is 5.48. The van der Waals surface area contributed by atoms with Gasteiger partial charge in [0.1, 0.15) is 0 Å². The third-order valence-electron chi connectivity index (χ3n) is 4.09. The van der Waals surface area contributed by atoms with Crippen molar-refractivity contribution in [2.75, 3.05) is 13.1 Å². The second kappa shape index (κ2) is 7.25. The van der Waals surface area contributed by atoms with E-state index in [9.17, 15) is 0 Å². The van der Waals surface area contributed by atoms with Crippen molar-refractivity contribution in [3.05, 3.63) is 70.8 Å². The lowest BCUT2D eigenvalue weighted by atomic mass is 9.89. The Balaban J connectivity index is 2.21. The quantitative estimate of drug-likeness (QED) is 0.825. The molecule has 20 heavy (non-hydrogen) atoms. The van der Waals surface area contributed by atoms with Crippen LogP contribution in [0.25, 0.3) is 0 Å². The second-order valence-electron chi connectivity index (χ2n) is 5.48. The third kappa shape index (κ3) is 3.71. The number of hydrogen-bond acceptors (Lipinski definition) is 1. The summed E-state index contributed by atoms with van der Waals surface area (Å²) >= 11 is 0. The molecule has 1 heteroatoms. The fourth-order valence-electron chi connectivity index (χ4n) is 2.65. The molecule has 0 aliphatic carbocycles. The summed E-state index contributed by atoms with van der Waals surface area (Å²) in [4.78, 5) is 0. The summed E-state index contributed by atoms with van der Waals surface area (Å²) in [5.41, 5.74) is 5.72. The zero-order valence-corrected chi connectivity index (χ0v) is 12.8. The fraction of sp³-hybridized carbons (Fsp3) is 0.368. The standard InChI is InChI=1S/C19H25N/c1-4-20-14-19(17-10-6-5-7-11-17)13-18-12-8-9-15(2)16(18)3/h5-12,19-20H,4,13-14H2,1-3H3. The molecule has 0 radical (unpaired) electrons. The number of rotatable bonds is 6. The zero-order valence-electron chi connectivity index (χ0n) is 12.8. The van der Waals surface area contributed by atoms with Crippen molar-refractivity contribution in [2.24, 2.45) is 0 Å². The van der Waals surface area contributed by atoms with Crippen molar-refractivity contribution in [2.45, 2.75) is 33.1 Å². The average molecular weight is 267 g/mol. The molecule has 0 bridgehead atoms. The van der Waals surface area contributed by atoms with Gasteiger partial charge < -0.3 is 5.32 Å². The number of nitrogens with one attached hydrogen (secondary N) is 1. The Hall–Kier alpha value is -1.60. The lowest BCUT2D eigenvalue weighted by molar-refractivity contribution is 0.594. The summed E-state index contributed by atoms with van der Waals surface area (Å²) < 4.78 is 0. The average Bonchev–Trinajstić information content (AvgIpc) is 2.48. The molecule has 0 saturated carbocycles. The molecule has 2 aromatic rings. The molecule has 0 saturated heterocycles. The van der Waals surface area contributed by atoms with E-state index in [1.807, 2.05) is 0 Å². The molecule has 106 valence electrons. The van der Waals surface area contributed by atoms with Crippen molar-refractivity contribution >= 4 is 0 Å². The van der Waals surface area contributed by atoms with Crippen LogP contribution in [0.2, 0.25) is 0 Å². The summed E-state index contributed by atoms with van der Waals surface area (Å²) in [6.07, 6.45) is 1.10. The number of aryl methyl sites for hydroxylation is 1. The van der Waals surface area contributed by atoms with Gasteiger partial charge in [-0.1, -0.05) is 55.5 Å². The first-order valence-corrected chi connectivity index (χ1v) is 7.53. The maximum absolute atomic E-state index is 3.50. The predicted octanol–water partition coefficient (Wildman–Crippen LogP) is 4.24. The van der Waals surface area contributed by atoms with E-state index >= 15 is 0 Å². The molecule has 0 spiro atoms. The predicted molar refractivity (Wildman–Crippen MR) is 87.3 cm³/mol. The Morgan fingerprint density at radius 3 is 2.40 bits per heavy atom. The summed E-state index contributed by atoms with van der Waals surface area (Å²) in [7, 11) is 0. The van der Waals surface area contributed by atoms with E-state index in [1.54, 1.807) is 0 Å². The molecular formula is C19H25N. The Morgan fingerprint density at radius 2 is 1.70 bits per heavy atom. The molecule has 1 N–H and O–H groups in total. The van der Waals surface area contributed by atoms with E-state index in [0.29, 0.717) is 5.92 Å². The number of likely N-dealkylation sites (N-methyl/N-ethyl adjacent to an activating group) is 1. The lowest BCUT2D eigenvalue weighted by Crippen LogP contribution is -2.23.